The lowest BCUT2D eigenvalue weighted by Gasteiger charge is -2.29. The van der Waals surface area contributed by atoms with E-state index in [1.54, 1.807) is 18.2 Å². The highest BCUT2D eigenvalue weighted by molar-refractivity contribution is 7.92. The highest BCUT2D eigenvalue weighted by Gasteiger charge is 2.25. The van der Waals surface area contributed by atoms with Crippen LogP contribution in [0.5, 0.6) is 5.75 Å². The molecule has 1 aliphatic rings. The first-order chi connectivity index (χ1) is 11.4. The van der Waals surface area contributed by atoms with E-state index in [-0.39, 0.29) is 18.7 Å². The van der Waals surface area contributed by atoms with Crippen molar-refractivity contribution in [1.29, 1.82) is 0 Å². The van der Waals surface area contributed by atoms with E-state index in [9.17, 15) is 17.6 Å². The molecule has 0 radical (unpaired) electrons. The Bertz CT molecular complexity index is 899. The Morgan fingerprint density at radius 1 is 1.25 bits per heavy atom. The molecule has 0 bridgehead atoms. The van der Waals surface area contributed by atoms with Gasteiger partial charge in [0, 0.05) is 11.8 Å². The van der Waals surface area contributed by atoms with Crippen LogP contribution in [0.1, 0.15) is 10.4 Å². The van der Waals surface area contributed by atoms with E-state index in [1.807, 2.05) is 0 Å². The molecule has 24 heavy (non-hydrogen) atoms. The number of fused-ring (bicyclic) bond motifs is 1. The van der Waals surface area contributed by atoms with Crippen molar-refractivity contribution in [2.75, 3.05) is 29.0 Å². The maximum atomic E-state index is 13.6. The van der Waals surface area contributed by atoms with E-state index in [0.717, 1.165) is 6.26 Å². The second-order valence-corrected chi connectivity index (χ2v) is 7.21. The molecule has 1 aliphatic heterocycles. The summed E-state index contributed by atoms with van der Waals surface area (Å²) in [4.78, 5) is 12.1. The van der Waals surface area contributed by atoms with Crippen LogP contribution in [0.4, 0.5) is 15.8 Å². The number of hydrogen-bond donors (Lipinski definition) is 1. The van der Waals surface area contributed by atoms with Crippen molar-refractivity contribution in [3.05, 3.63) is 53.8 Å². The van der Waals surface area contributed by atoms with Gasteiger partial charge in [-0.05, 0) is 24.3 Å². The summed E-state index contributed by atoms with van der Waals surface area (Å²) in [6.07, 6.45) is 1.12. The molecule has 1 N–H and O–H groups in total. The third-order valence-electron chi connectivity index (χ3n) is 3.56. The third kappa shape index (κ3) is 3.18. The van der Waals surface area contributed by atoms with Crippen molar-refractivity contribution >= 4 is 27.3 Å². The lowest BCUT2D eigenvalue weighted by molar-refractivity contribution is 0.102. The predicted molar refractivity (Wildman–Crippen MR) is 88.5 cm³/mol. The van der Waals surface area contributed by atoms with Crippen molar-refractivity contribution in [2.24, 2.45) is 0 Å². The Kier molecular flexibility index (Phi) is 4.15. The average Bonchev–Trinajstić information content (AvgIpc) is 2.53. The summed E-state index contributed by atoms with van der Waals surface area (Å²) in [5.41, 5.74) is 0.721. The number of ether oxygens (including phenoxy) is 1. The number of rotatable bonds is 3. The fraction of sp³-hybridized carbons (Fsp3) is 0.188. The quantitative estimate of drug-likeness (QED) is 0.921. The molecule has 1 heterocycles. The molecule has 2 aromatic carbocycles. The van der Waals surface area contributed by atoms with Gasteiger partial charge in [-0.1, -0.05) is 12.1 Å². The molecule has 0 saturated heterocycles. The topological polar surface area (TPSA) is 75.7 Å². The van der Waals surface area contributed by atoms with Crippen LogP contribution in [0.2, 0.25) is 0 Å². The van der Waals surface area contributed by atoms with Crippen molar-refractivity contribution in [3.8, 4) is 5.75 Å². The number of nitrogens with one attached hydrogen (secondary N) is 1. The van der Waals surface area contributed by atoms with Gasteiger partial charge in [-0.2, -0.15) is 0 Å². The van der Waals surface area contributed by atoms with Crippen LogP contribution in [0.15, 0.2) is 42.5 Å². The predicted octanol–water partition coefficient (Wildman–Crippen LogP) is 2.24. The number of sulfonamides is 1. The summed E-state index contributed by atoms with van der Waals surface area (Å²) >= 11 is 0. The molecular weight excluding hydrogens is 335 g/mol. The van der Waals surface area contributed by atoms with Gasteiger partial charge in [0.1, 0.15) is 18.2 Å². The zero-order valence-electron chi connectivity index (χ0n) is 12.8. The van der Waals surface area contributed by atoms with Crippen LogP contribution in [0.3, 0.4) is 0 Å². The summed E-state index contributed by atoms with van der Waals surface area (Å²) in [6, 6.07) is 10.3. The number of halogens is 1. The molecule has 1 amide bonds. The largest absolute Gasteiger partial charge is 0.489 e. The van der Waals surface area contributed by atoms with Crippen LogP contribution in [-0.4, -0.2) is 33.7 Å². The van der Waals surface area contributed by atoms with Crippen molar-refractivity contribution in [2.45, 2.75) is 0 Å². The molecule has 2 aromatic rings. The normalized spacial score (nSPS) is 13.8. The van der Waals surface area contributed by atoms with E-state index < -0.39 is 21.7 Å². The summed E-state index contributed by atoms with van der Waals surface area (Å²) < 4.78 is 43.9. The molecule has 0 spiro atoms. The Hall–Kier alpha value is -2.61. The summed E-state index contributed by atoms with van der Waals surface area (Å²) in [5.74, 6) is -0.866. The van der Waals surface area contributed by atoms with Crippen LogP contribution in [0.25, 0.3) is 0 Å². The molecule has 0 aromatic heterocycles. The van der Waals surface area contributed by atoms with Gasteiger partial charge in [0.2, 0.25) is 10.0 Å². The molecule has 8 heteroatoms. The number of benzene rings is 2. The second-order valence-electron chi connectivity index (χ2n) is 5.30. The van der Waals surface area contributed by atoms with E-state index in [4.69, 9.17) is 4.74 Å². The molecule has 0 unspecified atom stereocenters. The Balaban J connectivity index is 1.87. The van der Waals surface area contributed by atoms with Crippen molar-refractivity contribution < 1.29 is 22.3 Å². The van der Waals surface area contributed by atoms with Gasteiger partial charge < -0.3 is 10.1 Å². The Morgan fingerprint density at radius 3 is 2.71 bits per heavy atom. The van der Waals surface area contributed by atoms with Gasteiger partial charge in [-0.25, -0.2) is 12.8 Å². The van der Waals surface area contributed by atoms with E-state index in [2.05, 4.69) is 5.32 Å². The maximum absolute atomic E-state index is 13.6. The smallest absolute Gasteiger partial charge is 0.258 e. The Morgan fingerprint density at radius 2 is 2.00 bits per heavy atom. The maximum Gasteiger partial charge on any atom is 0.258 e. The second kappa shape index (κ2) is 6.12. The molecule has 0 aliphatic carbocycles. The zero-order valence-corrected chi connectivity index (χ0v) is 13.6. The molecule has 0 fully saturated rings. The van der Waals surface area contributed by atoms with Gasteiger partial charge in [0.05, 0.1) is 24.1 Å². The summed E-state index contributed by atoms with van der Waals surface area (Å²) in [5, 5.41) is 2.58. The van der Waals surface area contributed by atoms with Crippen LogP contribution in [-0.2, 0) is 10.0 Å². The van der Waals surface area contributed by atoms with Crippen molar-refractivity contribution in [3.63, 3.8) is 0 Å². The molecule has 6 nitrogen and oxygen atoms in total. The summed E-state index contributed by atoms with van der Waals surface area (Å²) in [6.45, 7) is 0.442. The number of carbonyl (C=O) groups is 1. The molecule has 0 atom stereocenters. The molecular formula is C16H15FN2O4S. The van der Waals surface area contributed by atoms with Crippen molar-refractivity contribution in [1.82, 2.24) is 0 Å². The fourth-order valence-corrected chi connectivity index (χ4v) is 3.38. The number of anilines is 2. The zero-order chi connectivity index (χ0) is 17.3. The Labute approximate surface area is 138 Å². The highest BCUT2D eigenvalue weighted by atomic mass is 32.2. The van der Waals surface area contributed by atoms with Gasteiger partial charge >= 0.3 is 0 Å². The monoisotopic (exact) mass is 350 g/mol. The average molecular weight is 350 g/mol. The lowest BCUT2D eigenvalue weighted by atomic mass is 10.2. The number of carbonyl (C=O) groups excluding carboxylic acids is 1. The van der Waals surface area contributed by atoms with Gasteiger partial charge in [-0.15, -0.1) is 0 Å². The van der Waals surface area contributed by atoms with E-state index >= 15 is 0 Å². The standard InChI is InChI=1S/C16H15FN2O4S/c1-24(21,22)19-8-9-23-15-10-11(6-7-14(15)19)18-16(20)12-4-2-3-5-13(12)17/h2-7,10H,8-9H2,1H3,(H,18,20). The van der Waals surface area contributed by atoms with E-state index in [0.29, 0.717) is 17.1 Å². The summed E-state index contributed by atoms with van der Waals surface area (Å²) in [7, 11) is -3.41. The molecule has 3 rings (SSSR count). The van der Waals surface area contributed by atoms with Gasteiger partial charge in [0.15, 0.2) is 0 Å². The van der Waals surface area contributed by atoms with Crippen LogP contribution < -0.4 is 14.4 Å². The lowest BCUT2D eigenvalue weighted by Crippen LogP contribution is -2.37. The minimum Gasteiger partial charge on any atom is -0.489 e. The highest BCUT2D eigenvalue weighted by Crippen LogP contribution is 2.35. The fourth-order valence-electron chi connectivity index (χ4n) is 2.46. The number of hydrogen-bond acceptors (Lipinski definition) is 4. The SMILES string of the molecule is CS(=O)(=O)N1CCOc2cc(NC(=O)c3ccccc3F)ccc21. The molecule has 0 saturated carbocycles. The molecule has 126 valence electrons. The first-order valence-electron chi connectivity index (χ1n) is 7.17. The number of amides is 1. The first kappa shape index (κ1) is 16.3. The minimum absolute atomic E-state index is 0.0751. The van der Waals surface area contributed by atoms with E-state index in [1.165, 1.54) is 28.6 Å². The van der Waals surface area contributed by atoms with Crippen LogP contribution in [0, 0.1) is 5.82 Å². The third-order valence-corrected chi connectivity index (χ3v) is 4.74. The first-order valence-corrected chi connectivity index (χ1v) is 9.01. The van der Waals surface area contributed by atoms with Crippen LogP contribution >= 0.6 is 0 Å². The minimum atomic E-state index is -3.41. The number of nitrogens with zero attached hydrogens (tertiary/aromatic N) is 1. The van der Waals surface area contributed by atoms with Gasteiger partial charge in [0.25, 0.3) is 5.91 Å². The van der Waals surface area contributed by atoms with Gasteiger partial charge in [-0.3, -0.25) is 9.10 Å².